The number of guanidine groups is 1. The number of halogens is 1. The molecule has 1 N–H and O–H groups in total. The Bertz CT molecular complexity index is 865. The Labute approximate surface area is 196 Å². The van der Waals surface area contributed by atoms with Crippen LogP contribution >= 0.6 is 24.0 Å². The molecule has 1 saturated heterocycles. The standard InChI is InChI=1S/C23H29N5O.HI/c1-24-23(28-12-11-19-7-5-6-8-20(19)18-28)25-17-22(29)27-15-13-26(14-16-27)21-9-3-2-4-10-21;/h2-10H,11-18H2,1H3,(H,24,25);1H. The van der Waals surface area contributed by atoms with E-state index in [9.17, 15) is 4.79 Å². The minimum absolute atomic E-state index is 0. The van der Waals surface area contributed by atoms with Gasteiger partial charge in [0.05, 0.1) is 6.54 Å². The maximum atomic E-state index is 12.7. The number of benzene rings is 2. The van der Waals surface area contributed by atoms with Crippen LogP contribution in [-0.2, 0) is 17.8 Å². The Hall–Kier alpha value is -2.29. The van der Waals surface area contributed by atoms with Crippen molar-refractivity contribution in [2.24, 2.45) is 4.99 Å². The first-order valence-corrected chi connectivity index (χ1v) is 10.3. The smallest absolute Gasteiger partial charge is 0.242 e. The Morgan fingerprint density at radius 2 is 1.57 bits per heavy atom. The molecule has 0 saturated carbocycles. The molecule has 0 bridgehead atoms. The van der Waals surface area contributed by atoms with Crippen LogP contribution < -0.4 is 10.2 Å². The number of carbonyl (C=O) groups is 1. The first-order valence-electron chi connectivity index (χ1n) is 10.3. The quantitative estimate of drug-likeness (QED) is 0.385. The Morgan fingerprint density at radius 3 is 2.27 bits per heavy atom. The number of anilines is 1. The summed E-state index contributed by atoms with van der Waals surface area (Å²) in [5.74, 6) is 0.937. The van der Waals surface area contributed by atoms with Crippen LogP contribution in [0, 0.1) is 0 Å². The monoisotopic (exact) mass is 519 g/mol. The van der Waals surface area contributed by atoms with Crippen LogP contribution in [0.3, 0.4) is 0 Å². The number of amides is 1. The second-order valence-electron chi connectivity index (χ2n) is 7.54. The summed E-state index contributed by atoms with van der Waals surface area (Å²) in [6.45, 7) is 5.29. The molecule has 2 aromatic carbocycles. The van der Waals surface area contributed by atoms with E-state index in [0.717, 1.165) is 51.6 Å². The molecular weight excluding hydrogens is 489 g/mol. The van der Waals surface area contributed by atoms with Crippen molar-refractivity contribution in [1.29, 1.82) is 0 Å². The predicted molar refractivity (Wildman–Crippen MR) is 133 cm³/mol. The molecule has 1 amide bonds. The van der Waals surface area contributed by atoms with E-state index < -0.39 is 0 Å². The summed E-state index contributed by atoms with van der Waals surface area (Å²) in [4.78, 5) is 23.6. The van der Waals surface area contributed by atoms with Crippen molar-refractivity contribution in [2.75, 3.05) is 51.2 Å². The summed E-state index contributed by atoms with van der Waals surface area (Å²) in [5, 5.41) is 3.28. The van der Waals surface area contributed by atoms with Crippen molar-refractivity contribution < 1.29 is 4.79 Å². The molecule has 0 spiro atoms. The minimum Gasteiger partial charge on any atom is -0.368 e. The van der Waals surface area contributed by atoms with E-state index in [1.165, 1.54) is 16.8 Å². The topological polar surface area (TPSA) is 51.2 Å². The highest BCUT2D eigenvalue weighted by Crippen LogP contribution is 2.18. The van der Waals surface area contributed by atoms with Gasteiger partial charge in [-0.1, -0.05) is 42.5 Å². The zero-order valence-electron chi connectivity index (χ0n) is 17.5. The number of hydrogen-bond acceptors (Lipinski definition) is 3. The van der Waals surface area contributed by atoms with Crippen LogP contribution in [0.15, 0.2) is 59.6 Å². The lowest BCUT2D eigenvalue weighted by Crippen LogP contribution is -2.52. The number of piperazine rings is 1. The molecule has 4 rings (SSSR count). The number of carbonyl (C=O) groups excluding carboxylic acids is 1. The molecule has 30 heavy (non-hydrogen) atoms. The number of para-hydroxylation sites is 1. The lowest BCUT2D eigenvalue weighted by molar-refractivity contribution is -0.130. The first-order chi connectivity index (χ1) is 14.2. The molecule has 2 aliphatic heterocycles. The van der Waals surface area contributed by atoms with Crippen molar-refractivity contribution >= 4 is 41.5 Å². The average molecular weight is 519 g/mol. The largest absolute Gasteiger partial charge is 0.368 e. The van der Waals surface area contributed by atoms with Crippen molar-refractivity contribution in [3.05, 3.63) is 65.7 Å². The third kappa shape index (κ3) is 5.24. The summed E-state index contributed by atoms with van der Waals surface area (Å²) in [6, 6.07) is 18.9. The third-order valence-electron chi connectivity index (χ3n) is 5.79. The van der Waals surface area contributed by atoms with E-state index in [1.807, 2.05) is 11.0 Å². The Morgan fingerprint density at radius 1 is 0.900 bits per heavy atom. The Kier molecular flexibility index (Phi) is 7.95. The van der Waals surface area contributed by atoms with Gasteiger partial charge in [0.25, 0.3) is 0 Å². The van der Waals surface area contributed by atoms with Crippen LogP contribution in [0.1, 0.15) is 11.1 Å². The van der Waals surface area contributed by atoms with E-state index >= 15 is 0 Å². The second-order valence-corrected chi connectivity index (χ2v) is 7.54. The highest BCUT2D eigenvalue weighted by atomic mass is 127. The maximum absolute atomic E-state index is 12.7. The Balaban J connectivity index is 0.00000256. The van der Waals surface area contributed by atoms with E-state index in [0.29, 0.717) is 0 Å². The molecule has 0 radical (unpaired) electrons. The van der Waals surface area contributed by atoms with E-state index in [1.54, 1.807) is 7.05 Å². The van der Waals surface area contributed by atoms with E-state index in [2.05, 4.69) is 68.6 Å². The first kappa shape index (κ1) is 22.4. The van der Waals surface area contributed by atoms with Gasteiger partial charge < -0.3 is 20.0 Å². The van der Waals surface area contributed by atoms with E-state index in [-0.39, 0.29) is 36.4 Å². The fraction of sp³-hybridized carbons (Fsp3) is 0.391. The number of nitrogens with zero attached hydrogens (tertiary/aromatic N) is 4. The molecule has 0 aromatic heterocycles. The number of fused-ring (bicyclic) bond motifs is 1. The van der Waals surface area contributed by atoms with Crippen molar-refractivity contribution in [1.82, 2.24) is 15.1 Å². The fourth-order valence-corrected chi connectivity index (χ4v) is 4.13. The summed E-state index contributed by atoms with van der Waals surface area (Å²) in [7, 11) is 1.78. The molecule has 2 aromatic rings. The molecule has 160 valence electrons. The molecule has 6 nitrogen and oxygen atoms in total. The van der Waals surface area contributed by atoms with Crippen LogP contribution in [-0.4, -0.2) is 68.0 Å². The number of nitrogens with one attached hydrogen (secondary N) is 1. The molecule has 0 unspecified atom stereocenters. The van der Waals surface area contributed by atoms with Gasteiger partial charge in [0.1, 0.15) is 0 Å². The lowest BCUT2D eigenvalue weighted by atomic mass is 10.0. The molecular formula is C23H30IN5O. The molecule has 1 fully saturated rings. The third-order valence-corrected chi connectivity index (χ3v) is 5.79. The van der Waals surface area contributed by atoms with Crippen molar-refractivity contribution in [3.8, 4) is 0 Å². The predicted octanol–water partition coefficient (Wildman–Crippen LogP) is 2.59. The molecule has 7 heteroatoms. The summed E-state index contributed by atoms with van der Waals surface area (Å²) >= 11 is 0. The molecule has 2 heterocycles. The van der Waals surface area contributed by atoms with Crippen LogP contribution in [0.2, 0.25) is 0 Å². The fourth-order valence-electron chi connectivity index (χ4n) is 4.13. The maximum Gasteiger partial charge on any atom is 0.242 e. The number of hydrogen-bond donors (Lipinski definition) is 1. The highest BCUT2D eigenvalue weighted by molar-refractivity contribution is 14.0. The van der Waals surface area contributed by atoms with Gasteiger partial charge in [0.2, 0.25) is 5.91 Å². The van der Waals surface area contributed by atoms with Crippen LogP contribution in [0.5, 0.6) is 0 Å². The normalized spacial score (nSPS) is 16.6. The van der Waals surface area contributed by atoms with Gasteiger partial charge in [0.15, 0.2) is 5.96 Å². The summed E-state index contributed by atoms with van der Waals surface area (Å²) < 4.78 is 0. The lowest BCUT2D eigenvalue weighted by Gasteiger charge is -2.36. The van der Waals surface area contributed by atoms with Gasteiger partial charge in [-0.05, 0) is 29.7 Å². The molecule has 2 aliphatic rings. The summed E-state index contributed by atoms with van der Waals surface area (Å²) in [5.41, 5.74) is 3.97. The van der Waals surface area contributed by atoms with Gasteiger partial charge in [-0.15, -0.1) is 24.0 Å². The van der Waals surface area contributed by atoms with Crippen molar-refractivity contribution in [2.45, 2.75) is 13.0 Å². The number of aliphatic imine (C=N–C) groups is 1. The SMILES string of the molecule is CN=C(NCC(=O)N1CCN(c2ccccc2)CC1)N1CCc2ccccc2C1.I. The molecule has 0 aliphatic carbocycles. The molecule has 0 atom stereocenters. The minimum atomic E-state index is 0. The summed E-state index contributed by atoms with van der Waals surface area (Å²) in [6.07, 6.45) is 1.01. The average Bonchev–Trinajstić information content (AvgIpc) is 2.80. The van der Waals surface area contributed by atoms with E-state index in [4.69, 9.17) is 0 Å². The van der Waals surface area contributed by atoms with Gasteiger partial charge in [-0.3, -0.25) is 9.79 Å². The van der Waals surface area contributed by atoms with Gasteiger partial charge in [-0.2, -0.15) is 0 Å². The van der Waals surface area contributed by atoms with Crippen molar-refractivity contribution in [3.63, 3.8) is 0 Å². The zero-order valence-corrected chi connectivity index (χ0v) is 19.8. The van der Waals surface area contributed by atoms with Crippen LogP contribution in [0.25, 0.3) is 0 Å². The van der Waals surface area contributed by atoms with Gasteiger partial charge >= 0.3 is 0 Å². The van der Waals surface area contributed by atoms with Gasteiger partial charge in [-0.25, -0.2) is 0 Å². The zero-order chi connectivity index (χ0) is 20.1. The highest BCUT2D eigenvalue weighted by Gasteiger charge is 2.23. The van der Waals surface area contributed by atoms with Crippen LogP contribution in [0.4, 0.5) is 5.69 Å². The number of rotatable bonds is 3. The van der Waals surface area contributed by atoms with Gasteiger partial charge in [0, 0.05) is 52.0 Å². The second kappa shape index (κ2) is 10.7.